The van der Waals surface area contributed by atoms with Crippen LogP contribution in [-0.4, -0.2) is 63.6 Å². The van der Waals surface area contributed by atoms with E-state index in [0.717, 1.165) is 0 Å². The van der Waals surface area contributed by atoms with Gasteiger partial charge in [-0.1, -0.05) is 23.7 Å². The minimum atomic E-state index is -1.44. The van der Waals surface area contributed by atoms with Crippen LogP contribution in [0.4, 0.5) is 24.2 Å². The Kier molecular flexibility index (Phi) is 7.49. The fourth-order valence-corrected chi connectivity index (χ4v) is 4.62. The lowest BCUT2D eigenvalue weighted by Crippen LogP contribution is -2.70. The summed E-state index contributed by atoms with van der Waals surface area (Å²) >= 11 is 5.94. The van der Waals surface area contributed by atoms with Crippen molar-refractivity contribution in [3.05, 3.63) is 70.9 Å². The molecule has 4 rings (SSSR count). The van der Waals surface area contributed by atoms with E-state index in [1.807, 2.05) is 0 Å². The molecule has 1 aliphatic rings. The lowest BCUT2D eigenvalue weighted by molar-refractivity contribution is -0.165. The second-order valence-corrected chi connectivity index (χ2v) is 9.53. The van der Waals surface area contributed by atoms with Crippen molar-refractivity contribution < 1.29 is 33.3 Å². The first-order valence-corrected chi connectivity index (χ1v) is 11.7. The topological polar surface area (TPSA) is 124 Å². The summed E-state index contributed by atoms with van der Waals surface area (Å²) < 4.78 is 32.5. The Hall–Kier alpha value is -3.54. The van der Waals surface area contributed by atoms with Crippen LogP contribution in [0.5, 0.6) is 0 Å². The molecule has 0 unspecified atom stereocenters. The van der Waals surface area contributed by atoms with Crippen molar-refractivity contribution >= 4 is 40.3 Å². The summed E-state index contributed by atoms with van der Waals surface area (Å²) in [6, 6.07) is 9.31. The van der Waals surface area contributed by atoms with Gasteiger partial charge in [0.05, 0.1) is 22.8 Å². The normalized spacial score (nSPS) is 20.7. The number of carbonyl (C=O) groups is 2. The van der Waals surface area contributed by atoms with Gasteiger partial charge in [0.2, 0.25) is 0 Å². The third-order valence-corrected chi connectivity index (χ3v) is 6.90. The number of halogens is 3. The van der Waals surface area contributed by atoms with Crippen molar-refractivity contribution in [2.75, 3.05) is 25.6 Å². The second-order valence-electron chi connectivity index (χ2n) is 9.15. The average Bonchev–Trinajstić information content (AvgIpc) is 2.85. The van der Waals surface area contributed by atoms with Gasteiger partial charge < -0.3 is 25.2 Å². The smallest absolute Gasteiger partial charge is 0.412 e. The molecule has 12 heteroatoms. The monoisotopic (exact) mass is 534 g/mol. The summed E-state index contributed by atoms with van der Waals surface area (Å²) in [6.07, 6.45) is 0.494. The predicted molar refractivity (Wildman–Crippen MR) is 132 cm³/mol. The number of pyridine rings is 1. The van der Waals surface area contributed by atoms with E-state index in [4.69, 9.17) is 16.3 Å². The van der Waals surface area contributed by atoms with E-state index in [-0.39, 0.29) is 36.8 Å². The maximum Gasteiger partial charge on any atom is 0.412 e. The van der Waals surface area contributed by atoms with Gasteiger partial charge in [-0.2, -0.15) is 0 Å². The Balaban J connectivity index is 1.41. The summed E-state index contributed by atoms with van der Waals surface area (Å²) in [6.45, 7) is -0.892. The Labute approximate surface area is 216 Å². The first kappa shape index (κ1) is 26.5. The number of amides is 3. The number of aliphatic hydroxyl groups excluding tert-OH is 1. The molecule has 0 spiro atoms. The van der Waals surface area contributed by atoms with E-state index in [0.29, 0.717) is 16.3 Å². The molecule has 3 aromatic rings. The average molecular weight is 535 g/mol. The van der Waals surface area contributed by atoms with Crippen LogP contribution in [0, 0.1) is 11.6 Å². The van der Waals surface area contributed by atoms with E-state index < -0.39 is 41.5 Å². The van der Waals surface area contributed by atoms with Gasteiger partial charge in [0.25, 0.3) is 0 Å². The highest BCUT2D eigenvalue weighted by atomic mass is 35.5. The number of rotatable bonds is 7. The zero-order chi connectivity index (χ0) is 26.8. The highest BCUT2D eigenvalue weighted by molar-refractivity contribution is 6.31. The zero-order valence-electron chi connectivity index (χ0n) is 19.8. The number of aromatic nitrogens is 1. The van der Waals surface area contributed by atoms with Gasteiger partial charge in [-0.25, -0.2) is 23.4 Å². The third kappa shape index (κ3) is 5.74. The van der Waals surface area contributed by atoms with E-state index >= 15 is 0 Å². The van der Waals surface area contributed by atoms with Gasteiger partial charge >= 0.3 is 12.1 Å². The number of ether oxygens (including phenoxy) is 1. The van der Waals surface area contributed by atoms with Crippen molar-refractivity contribution in [3.8, 4) is 0 Å². The van der Waals surface area contributed by atoms with Crippen LogP contribution in [0.15, 0.2) is 48.7 Å². The van der Waals surface area contributed by atoms with Crippen LogP contribution in [0.1, 0.15) is 18.4 Å². The number of nitrogens with zero attached hydrogens (tertiary/aromatic N) is 2. The molecule has 0 aliphatic heterocycles. The van der Waals surface area contributed by atoms with Crippen molar-refractivity contribution in [1.29, 1.82) is 0 Å². The molecule has 1 aromatic heterocycles. The first-order valence-electron chi connectivity index (χ1n) is 11.3. The van der Waals surface area contributed by atoms with Gasteiger partial charge in [0.15, 0.2) is 0 Å². The minimum absolute atomic E-state index is 0.0536. The zero-order valence-corrected chi connectivity index (χ0v) is 20.6. The number of nitrogens with one attached hydrogen (secondary N) is 2. The molecule has 1 heterocycles. The second kappa shape index (κ2) is 10.4. The number of fused-ring (bicyclic) bond motifs is 1. The predicted octanol–water partition coefficient (Wildman–Crippen LogP) is 3.81. The van der Waals surface area contributed by atoms with Crippen molar-refractivity contribution in [2.45, 2.75) is 30.5 Å². The molecule has 37 heavy (non-hydrogen) atoms. The molecule has 0 radical (unpaired) electrons. The maximum atomic E-state index is 13.7. The Morgan fingerprint density at radius 1 is 1.19 bits per heavy atom. The number of hydrogen-bond donors (Lipinski definition) is 4. The molecule has 4 N–H and O–H groups in total. The van der Waals surface area contributed by atoms with Gasteiger partial charge in [0, 0.05) is 38.0 Å². The van der Waals surface area contributed by atoms with Gasteiger partial charge in [-0.05, 0) is 41.3 Å². The largest absolute Gasteiger partial charge is 0.447 e. The van der Waals surface area contributed by atoms with Crippen LogP contribution in [0.2, 0.25) is 5.02 Å². The fourth-order valence-electron chi connectivity index (χ4n) is 4.43. The molecular formula is C25H25ClF2N4O5. The summed E-state index contributed by atoms with van der Waals surface area (Å²) in [5.74, 6) is -0.914. The molecule has 2 aromatic carbocycles. The molecule has 9 nitrogen and oxygen atoms in total. The molecule has 0 bridgehead atoms. The van der Waals surface area contributed by atoms with Crippen LogP contribution < -0.4 is 10.6 Å². The third-order valence-electron chi connectivity index (χ3n) is 6.47. The molecule has 196 valence electrons. The number of aliphatic hydroxyl groups is 2. The molecule has 3 amide bonds. The number of anilines is 1. The van der Waals surface area contributed by atoms with Crippen LogP contribution in [0.3, 0.4) is 0 Å². The molecule has 0 saturated heterocycles. The number of benzene rings is 2. The first-order chi connectivity index (χ1) is 17.5. The number of hydrogen-bond acceptors (Lipinski definition) is 6. The summed E-state index contributed by atoms with van der Waals surface area (Å²) in [5, 5.41) is 26.1. The number of carbonyl (C=O) groups excluding carboxylic acids is 2. The van der Waals surface area contributed by atoms with Gasteiger partial charge in [0.1, 0.15) is 24.1 Å². The highest BCUT2D eigenvalue weighted by Crippen LogP contribution is 2.45. The minimum Gasteiger partial charge on any atom is -0.447 e. The lowest BCUT2D eigenvalue weighted by atomic mass is 9.64. The van der Waals surface area contributed by atoms with Crippen LogP contribution in [-0.2, 0) is 11.3 Å². The summed E-state index contributed by atoms with van der Waals surface area (Å²) in [5.41, 5.74) is -2.19. The van der Waals surface area contributed by atoms with E-state index in [2.05, 4.69) is 15.6 Å². The Bertz CT molecular complexity index is 1340. The quantitative estimate of drug-likeness (QED) is 0.365. The van der Waals surface area contributed by atoms with E-state index in [1.165, 1.54) is 48.5 Å². The summed E-state index contributed by atoms with van der Waals surface area (Å²) in [4.78, 5) is 30.7. The fraction of sp³-hybridized carbons (Fsp3) is 0.320. The highest BCUT2D eigenvalue weighted by Gasteiger charge is 2.58. The number of likely N-dealkylation sites (N-methyl/N-ethyl adjacent to an activating group) is 1. The molecular weight excluding hydrogens is 510 g/mol. The lowest BCUT2D eigenvalue weighted by Gasteiger charge is -2.55. The molecule has 1 fully saturated rings. The van der Waals surface area contributed by atoms with Gasteiger partial charge in [-0.3, -0.25) is 5.32 Å². The van der Waals surface area contributed by atoms with Crippen LogP contribution in [0.25, 0.3) is 10.8 Å². The summed E-state index contributed by atoms with van der Waals surface area (Å²) in [7, 11) is 1.46. The molecule has 1 saturated carbocycles. The van der Waals surface area contributed by atoms with Crippen molar-refractivity contribution in [3.63, 3.8) is 0 Å². The van der Waals surface area contributed by atoms with E-state index in [1.54, 1.807) is 12.1 Å². The van der Waals surface area contributed by atoms with Gasteiger partial charge in [-0.15, -0.1) is 0 Å². The Morgan fingerprint density at radius 2 is 1.95 bits per heavy atom. The van der Waals surface area contributed by atoms with Crippen molar-refractivity contribution in [2.24, 2.45) is 0 Å². The van der Waals surface area contributed by atoms with E-state index in [9.17, 15) is 28.6 Å². The Morgan fingerprint density at radius 3 is 2.68 bits per heavy atom. The number of urea groups is 1. The van der Waals surface area contributed by atoms with Crippen LogP contribution >= 0.6 is 11.6 Å². The molecule has 0 atom stereocenters. The molecule has 1 aliphatic carbocycles. The standard InChI is InChI=1S/C25H25ClF2N4O5/c1-32(22(34)30-10-16-3-2-4-19(28)21(16)26)24(11-25(36,12-24)13-33)14-37-23(35)31-20-8-17-7-18(27)6-5-15(17)9-29-20/h2-9,33,36H,10-14H2,1H3,(H,30,34)(H,29,31,35). The SMILES string of the molecule is CN(C(=O)NCc1cccc(F)c1Cl)C1(COC(=O)Nc2cc3cc(F)ccc3cn2)CC(O)(CO)C1. The maximum absolute atomic E-state index is 13.7. The van der Waals surface area contributed by atoms with Crippen molar-refractivity contribution in [1.82, 2.24) is 15.2 Å².